The highest BCUT2D eigenvalue weighted by Gasteiger charge is 2.67. The number of fused-ring (bicyclic) bond motifs is 4. The van der Waals surface area contributed by atoms with Gasteiger partial charge in [-0.25, -0.2) is 0 Å². The molecule has 0 spiro atoms. The number of allylic oxidation sites excluding steroid dienone is 1. The van der Waals surface area contributed by atoms with Gasteiger partial charge in [0, 0.05) is 41.7 Å². The molecule has 64 heavy (non-hydrogen) atoms. The van der Waals surface area contributed by atoms with Gasteiger partial charge in [0.05, 0.1) is 18.7 Å². The molecular weight excluding hydrogens is 823 g/mol. The van der Waals surface area contributed by atoms with Crippen molar-refractivity contribution in [3.05, 3.63) is 143 Å². The van der Waals surface area contributed by atoms with Crippen LogP contribution in [0.1, 0.15) is 108 Å². The molecule has 3 aliphatic carbocycles. The van der Waals surface area contributed by atoms with Crippen molar-refractivity contribution in [2.24, 2.45) is 11.8 Å². The van der Waals surface area contributed by atoms with Gasteiger partial charge in [0.2, 0.25) is 5.78 Å². The smallest absolute Gasteiger partial charge is 0.265 e. The second kappa shape index (κ2) is 18.0. The molecule has 4 aromatic rings. The molecule has 1 fully saturated rings. The highest BCUT2D eigenvalue weighted by Crippen LogP contribution is 2.61. The topological polar surface area (TPSA) is 124 Å². The molecule has 11 nitrogen and oxygen atoms in total. The number of aromatic nitrogens is 1. The molecule has 5 atom stereocenters. The van der Waals surface area contributed by atoms with Gasteiger partial charge in [0.25, 0.3) is 5.88 Å². The van der Waals surface area contributed by atoms with Crippen molar-refractivity contribution in [1.82, 2.24) is 15.0 Å². The molecule has 0 radical (unpaired) electrons. The summed E-state index contributed by atoms with van der Waals surface area (Å²) in [5.41, 5.74) is 2.16. The molecule has 1 aliphatic heterocycles. The molecule has 0 bridgehead atoms. The number of benzene rings is 3. The van der Waals surface area contributed by atoms with E-state index in [4.69, 9.17) is 23.2 Å². The Hall–Kier alpha value is -5.27. The number of aliphatic hydroxyl groups excluding tert-OH is 1. The molecule has 2 heterocycles. The fourth-order valence-corrected chi connectivity index (χ4v) is 11.8. The number of hydrogen-bond acceptors (Lipinski definition) is 11. The van der Waals surface area contributed by atoms with Crippen LogP contribution in [0.4, 0.5) is 0 Å². The van der Waals surface area contributed by atoms with Crippen molar-refractivity contribution >= 4 is 19.9 Å². The van der Waals surface area contributed by atoms with Crippen LogP contribution in [0.15, 0.2) is 108 Å². The Morgan fingerprint density at radius 1 is 0.984 bits per heavy atom. The average Bonchev–Trinajstić information content (AvgIpc) is 3.93. The summed E-state index contributed by atoms with van der Waals surface area (Å²) >= 11 is 0. The SMILES string of the molecule is C=CCN(CC=C)[C@@H]1c2onc(OCc3ccccc3)c2C(=O)C2(O[Si](C)(C)C(C)(C)C)C(O)=C3C(=O)c4c(OCc5ccccc5)cc(C5CCCN5CC)c(OC)c4C[C@H]3C[C@@H]12. The first-order chi connectivity index (χ1) is 30.7. The summed E-state index contributed by atoms with van der Waals surface area (Å²) in [6.45, 7) is 23.7. The van der Waals surface area contributed by atoms with Gasteiger partial charge in [-0.2, -0.15) is 0 Å². The van der Waals surface area contributed by atoms with E-state index >= 15 is 9.59 Å². The Morgan fingerprint density at radius 3 is 2.22 bits per heavy atom. The zero-order valence-corrected chi connectivity index (χ0v) is 39.4. The van der Waals surface area contributed by atoms with E-state index in [0.29, 0.717) is 48.8 Å². The van der Waals surface area contributed by atoms with Gasteiger partial charge in [0.15, 0.2) is 25.5 Å². The van der Waals surface area contributed by atoms with E-state index in [1.807, 2.05) is 66.7 Å². The summed E-state index contributed by atoms with van der Waals surface area (Å²) in [7, 11) is -1.30. The van der Waals surface area contributed by atoms with Crippen molar-refractivity contribution in [2.75, 3.05) is 33.3 Å². The van der Waals surface area contributed by atoms with E-state index in [-0.39, 0.29) is 42.0 Å². The Kier molecular flexibility index (Phi) is 12.7. The van der Waals surface area contributed by atoms with Crippen molar-refractivity contribution in [3.8, 4) is 17.4 Å². The maximum Gasteiger partial charge on any atom is 0.265 e. The van der Waals surface area contributed by atoms with Crippen LogP contribution in [-0.2, 0) is 24.1 Å². The zero-order chi connectivity index (χ0) is 45.6. The third-order valence-corrected chi connectivity index (χ3v) is 18.8. The summed E-state index contributed by atoms with van der Waals surface area (Å²) in [4.78, 5) is 36.3. The van der Waals surface area contributed by atoms with E-state index in [9.17, 15) is 5.11 Å². The zero-order valence-electron chi connectivity index (χ0n) is 38.4. The van der Waals surface area contributed by atoms with Crippen LogP contribution in [0, 0.1) is 11.8 Å². The molecule has 0 amide bonds. The molecule has 338 valence electrons. The molecule has 12 heteroatoms. The summed E-state index contributed by atoms with van der Waals surface area (Å²) in [5.74, 6) is -1.12. The van der Waals surface area contributed by atoms with Gasteiger partial charge in [-0.3, -0.25) is 19.4 Å². The number of carbonyl (C=O) groups is 2. The van der Waals surface area contributed by atoms with E-state index < -0.39 is 48.4 Å². The lowest BCUT2D eigenvalue weighted by Gasteiger charge is -2.55. The molecule has 1 N–H and O–H groups in total. The highest BCUT2D eigenvalue weighted by molar-refractivity contribution is 6.74. The number of ether oxygens (including phenoxy) is 3. The second-order valence-electron chi connectivity index (χ2n) is 19.2. The molecule has 1 saturated heterocycles. The lowest BCUT2D eigenvalue weighted by molar-refractivity contribution is -0.0525. The summed E-state index contributed by atoms with van der Waals surface area (Å²) in [6.07, 6.45) is 6.26. The van der Waals surface area contributed by atoms with E-state index in [0.717, 1.165) is 48.2 Å². The van der Waals surface area contributed by atoms with Gasteiger partial charge < -0.3 is 28.3 Å². The summed E-state index contributed by atoms with van der Waals surface area (Å²) < 4.78 is 33.1. The van der Waals surface area contributed by atoms with E-state index in [1.165, 1.54) is 0 Å². The molecular formula is C52H63N3O8Si. The predicted octanol–water partition coefficient (Wildman–Crippen LogP) is 10.6. The van der Waals surface area contributed by atoms with Gasteiger partial charge in [-0.15, -0.1) is 13.2 Å². The Morgan fingerprint density at radius 2 is 1.62 bits per heavy atom. The summed E-state index contributed by atoms with van der Waals surface area (Å²) in [5, 5.41) is 17.4. The minimum absolute atomic E-state index is 0.00445. The molecule has 2 unspecified atom stereocenters. The van der Waals surface area contributed by atoms with Crippen molar-refractivity contribution in [3.63, 3.8) is 0 Å². The maximum atomic E-state index is 16.0. The molecule has 8 rings (SSSR count). The van der Waals surface area contributed by atoms with Gasteiger partial charge in [0.1, 0.15) is 36.0 Å². The number of methoxy groups -OCH3 is 1. The van der Waals surface area contributed by atoms with Gasteiger partial charge in [-0.1, -0.05) is 101 Å². The van der Waals surface area contributed by atoms with E-state index in [1.54, 1.807) is 19.3 Å². The second-order valence-corrected chi connectivity index (χ2v) is 23.9. The number of ketones is 2. The monoisotopic (exact) mass is 885 g/mol. The van der Waals surface area contributed by atoms with Crippen molar-refractivity contribution < 1.29 is 37.9 Å². The van der Waals surface area contributed by atoms with Crippen LogP contribution in [-0.4, -0.2) is 78.8 Å². The number of carbonyl (C=O) groups excluding carboxylic acids is 2. The summed E-state index contributed by atoms with van der Waals surface area (Å²) in [6, 6.07) is 20.9. The number of hydrogen-bond donors (Lipinski definition) is 1. The third-order valence-electron chi connectivity index (χ3n) is 14.4. The number of aliphatic hydroxyl groups is 1. The number of rotatable bonds is 16. The van der Waals surface area contributed by atoms with Gasteiger partial charge >= 0.3 is 0 Å². The first-order valence-electron chi connectivity index (χ1n) is 22.7. The van der Waals surface area contributed by atoms with Crippen molar-refractivity contribution in [1.29, 1.82) is 0 Å². The lowest BCUT2D eigenvalue weighted by atomic mass is 9.58. The largest absolute Gasteiger partial charge is 0.508 e. The predicted molar refractivity (Wildman–Crippen MR) is 250 cm³/mol. The Labute approximate surface area is 378 Å². The van der Waals surface area contributed by atoms with Crippen LogP contribution in [0.2, 0.25) is 18.1 Å². The fraction of sp³-hybridized carbons (Fsp3) is 0.442. The Bertz CT molecular complexity index is 2430. The molecule has 0 saturated carbocycles. The standard InChI is InChI=1S/C52H63N3O8Si/c1-10-25-55(26-11-2)44-38-29-35-28-37-42(40(60-31-33-20-15-13-16-21-33)30-36(46(37)59-7)39-24-19-27-54(39)12-3)45(56)41(35)48(57)52(38,63-64(8,9)51(4,5)6)49(58)43-47(44)62-53-50(43)61-32-34-22-17-14-18-23-34/h10-11,13-18,20-23,30,35,38-39,44,57H,1-2,12,19,24-29,31-32H2,3-9H3/t35-,38-,39?,44-,52?/m0/s1. The van der Waals surface area contributed by atoms with Gasteiger partial charge in [-0.05, 0) is 85.2 Å². The average molecular weight is 886 g/mol. The third kappa shape index (κ3) is 7.75. The van der Waals surface area contributed by atoms with Crippen LogP contribution >= 0.6 is 0 Å². The van der Waals surface area contributed by atoms with Crippen LogP contribution in [0.5, 0.6) is 17.4 Å². The quantitative estimate of drug-likeness (QED) is 0.0854. The molecule has 1 aromatic heterocycles. The normalized spacial score (nSPS) is 23.3. The number of nitrogens with zero attached hydrogens (tertiary/aromatic N) is 3. The number of likely N-dealkylation sites (tertiary alicyclic amines) is 1. The minimum Gasteiger partial charge on any atom is -0.508 e. The number of Topliss-reactive ketones (excluding diaryl/α,β-unsaturated/α-hetero) is 2. The van der Waals surface area contributed by atoms with E-state index in [2.05, 4.69) is 68.9 Å². The molecule has 4 aliphatic rings. The minimum atomic E-state index is -2.97. The maximum absolute atomic E-state index is 16.0. The van der Waals surface area contributed by atoms with Crippen LogP contribution < -0.4 is 14.2 Å². The fourth-order valence-electron chi connectivity index (χ4n) is 10.4. The molecule has 3 aromatic carbocycles. The Balaban J connectivity index is 1.36. The van der Waals surface area contributed by atoms with Crippen molar-refractivity contribution in [2.45, 2.75) is 102 Å². The highest BCUT2D eigenvalue weighted by atomic mass is 28.4. The van der Waals surface area contributed by atoms with Crippen LogP contribution in [0.25, 0.3) is 0 Å². The lowest BCUT2D eigenvalue weighted by Crippen LogP contribution is -2.65. The first-order valence-corrected chi connectivity index (χ1v) is 25.6. The first kappa shape index (κ1) is 45.3. The van der Waals surface area contributed by atoms with Crippen LogP contribution in [0.3, 0.4) is 0 Å².